The number of hydrogen-bond donors (Lipinski definition) is 2. The van der Waals surface area contributed by atoms with E-state index >= 15 is 0 Å². The van der Waals surface area contributed by atoms with Crippen LogP contribution in [-0.4, -0.2) is 10.2 Å². The van der Waals surface area contributed by atoms with Gasteiger partial charge in [0.1, 0.15) is 0 Å². The Balaban J connectivity index is 1.99. The molecule has 1 aromatic carbocycles. The zero-order valence-corrected chi connectivity index (χ0v) is 14.7. The predicted octanol–water partition coefficient (Wildman–Crippen LogP) is 5.59. The Morgan fingerprint density at radius 2 is 1.73 bits per heavy atom. The molecule has 0 heterocycles. The summed E-state index contributed by atoms with van der Waals surface area (Å²) >= 11 is 0. The summed E-state index contributed by atoms with van der Waals surface area (Å²) < 4.78 is 0. The molecule has 0 atom stereocenters. The Labute approximate surface area is 135 Å². The first-order valence-electron chi connectivity index (χ1n) is 8.73. The van der Waals surface area contributed by atoms with E-state index < -0.39 is 0 Å². The molecule has 1 aliphatic carbocycles. The molecule has 1 aliphatic rings. The fourth-order valence-electron chi connectivity index (χ4n) is 3.14. The van der Waals surface area contributed by atoms with Crippen molar-refractivity contribution in [3.8, 4) is 11.5 Å². The molecule has 2 N–H and O–H groups in total. The molecule has 22 heavy (non-hydrogen) atoms. The lowest BCUT2D eigenvalue weighted by atomic mass is 9.87. The molecule has 0 unspecified atom stereocenters. The normalized spacial score (nSPS) is 16.7. The van der Waals surface area contributed by atoms with Crippen LogP contribution in [0.1, 0.15) is 77.3 Å². The topological polar surface area (TPSA) is 40.5 Å². The van der Waals surface area contributed by atoms with Crippen LogP contribution in [0.5, 0.6) is 11.5 Å². The molecular formula is C20H32O2. The minimum atomic E-state index is 0.0206. The first-order chi connectivity index (χ1) is 10.2. The van der Waals surface area contributed by atoms with Crippen molar-refractivity contribution in [3.05, 3.63) is 23.3 Å². The van der Waals surface area contributed by atoms with Gasteiger partial charge in [-0.1, -0.05) is 33.8 Å². The van der Waals surface area contributed by atoms with Crippen LogP contribution >= 0.6 is 0 Å². The Bertz CT molecular complexity index is 507. The second kappa shape index (κ2) is 6.52. The van der Waals surface area contributed by atoms with Crippen molar-refractivity contribution < 1.29 is 10.2 Å². The smallest absolute Gasteiger partial charge is 0.160 e. The molecule has 0 aromatic heterocycles. The number of hydrogen-bond acceptors (Lipinski definition) is 2. The first-order valence-corrected chi connectivity index (χ1v) is 8.73. The van der Waals surface area contributed by atoms with Crippen LogP contribution in [0.4, 0.5) is 0 Å². The summed E-state index contributed by atoms with van der Waals surface area (Å²) in [6.07, 6.45) is 9.17. The Hall–Kier alpha value is -1.18. The van der Waals surface area contributed by atoms with Crippen LogP contribution in [0.3, 0.4) is 0 Å². The van der Waals surface area contributed by atoms with Crippen LogP contribution in [0.2, 0.25) is 0 Å². The van der Waals surface area contributed by atoms with Crippen LogP contribution in [0, 0.1) is 10.8 Å². The summed E-state index contributed by atoms with van der Waals surface area (Å²) in [5.41, 5.74) is 3.08. The molecule has 124 valence electrons. The minimum Gasteiger partial charge on any atom is -0.504 e. The van der Waals surface area contributed by atoms with E-state index in [9.17, 15) is 10.2 Å². The molecule has 0 spiro atoms. The summed E-state index contributed by atoms with van der Waals surface area (Å²) in [5.74, 6) is 0.126. The first kappa shape index (κ1) is 17.2. The largest absolute Gasteiger partial charge is 0.504 e. The lowest BCUT2D eigenvalue weighted by molar-refractivity contribution is 0.364. The fraction of sp³-hybridized carbons (Fsp3) is 0.700. The second-order valence-corrected chi connectivity index (χ2v) is 8.65. The minimum absolute atomic E-state index is 0.0206. The van der Waals surface area contributed by atoms with E-state index in [1.54, 1.807) is 6.07 Å². The van der Waals surface area contributed by atoms with Crippen LogP contribution in [0.25, 0.3) is 0 Å². The van der Waals surface area contributed by atoms with Gasteiger partial charge in [-0.3, -0.25) is 0 Å². The van der Waals surface area contributed by atoms with Crippen molar-refractivity contribution in [2.75, 3.05) is 0 Å². The quantitative estimate of drug-likeness (QED) is 0.645. The van der Waals surface area contributed by atoms with Crippen molar-refractivity contribution in [1.29, 1.82) is 0 Å². The monoisotopic (exact) mass is 304 g/mol. The standard InChI is InChI=1S/C20H32O2/c1-19(2,3)11-5-7-15-9-10-17(21)18(22)16(15)8-6-12-20(4)13-14-20/h9-10,21-22H,5-8,11-14H2,1-4H3. The maximum Gasteiger partial charge on any atom is 0.160 e. The number of aromatic hydroxyl groups is 2. The van der Waals surface area contributed by atoms with Gasteiger partial charge in [-0.25, -0.2) is 0 Å². The molecular weight excluding hydrogens is 272 g/mol. The van der Waals surface area contributed by atoms with Gasteiger partial charge in [-0.05, 0) is 73.8 Å². The number of rotatable bonds is 7. The Morgan fingerprint density at radius 3 is 2.32 bits per heavy atom. The molecule has 2 nitrogen and oxygen atoms in total. The molecule has 1 fully saturated rings. The third-order valence-electron chi connectivity index (χ3n) is 5.04. The average Bonchev–Trinajstić information content (AvgIpc) is 3.13. The van der Waals surface area contributed by atoms with E-state index in [4.69, 9.17) is 0 Å². The van der Waals surface area contributed by atoms with E-state index in [0.29, 0.717) is 10.8 Å². The maximum atomic E-state index is 10.2. The van der Waals surface area contributed by atoms with Gasteiger partial charge in [0.05, 0.1) is 0 Å². The Kier molecular flexibility index (Phi) is 5.09. The van der Waals surface area contributed by atoms with Crippen LogP contribution in [-0.2, 0) is 12.8 Å². The summed E-state index contributed by atoms with van der Waals surface area (Å²) in [6.45, 7) is 9.13. The lowest BCUT2D eigenvalue weighted by Gasteiger charge is -2.19. The highest BCUT2D eigenvalue weighted by Crippen LogP contribution is 2.49. The zero-order valence-electron chi connectivity index (χ0n) is 14.7. The summed E-state index contributed by atoms with van der Waals surface area (Å²) in [6, 6.07) is 3.62. The van der Waals surface area contributed by atoms with E-state index in [1.165, 1.54) is 31.2 Å². The SMILES string of the molecule is CC(C)(C)CCCc1ccc(O)c(O)c1CCCC1(C)CC1. The van der Waals surface area contributed by atoms with Crippen molar-refractivity contribution in [2.45, 2.75) is 79.1 Å². The summed E-state index contributed by atoms with van der Waals surface area (Å²) in [7, 11) is 0. The van der Waals surface area contributed by atoms with Gasteiger partial charge in [0, 0.05) is 5.56 Å². The Morgan fingerprint density at radius 1 is 1.05 bits per heavy atom. The molecule has 0 bridgehead atoms. The molecule has 0 radical (unpaired) electrons. The number of benzene rings is 1. The lowest BCUT2D eigenvalue weighted by Crippen LogP contribution is -2.06. The second-order valence-electron chi connectivity index (χ2n) is 8.65. The van der Waals surface area contributed by atoms with E-state index in [-0.39, 0.29) is 11.5 Å². The zero-order chi connectivity index (χ0) is 16.4. The predicted molar refractivity (Wildman–Crippen MR) is 92.4 cm³/mol. The van der Waals surface area contributed by atoms with Gasteiger partial charge < -0.3 is 10.2 Å². The number of aryl methyl sites for hydroxylation is 1. The highest BCUT2D eigenvalue weighted by Gasteiger charge is 2.36. The van der Waals surface area contributed by atoms with E-state index in [0.717, 1.165) is 31.2 Å². The molecule has 0 saturated heterocycles. The molecule has 2 heteroatoms. The molecule has 0 amide bonds. The third-order valence-corrected chi connectivity index (χ3v) is 5.04. The summed E-state index contributed by atoms with van der Waals surface area (Å²) in [5, 5.41) is 20.0. The van der Waals surface area contributed by atoms with Gasteiger partial charge in [0.2, 0.25) is 0 Å². The highest BCUT2D eigenvalue weighted by atomic mass is 16.3. The number of phenols is 2. The van der Waals surface area contributed by atoms with Gasteiger partial charge in [0.15, 0.2) is 11.5 Å². The fourth-order valence-corrected chi connectivity index (χ4v) is 3.14. The van der Waals surface area contributed by atoms with Crippen molar-refractivity contribution in [2.24, 2.45) is 10.8 Å². The van der Waals surface area contributed by atoms with E-state index in [1.807, 2.05) is 6.07 Å². The van der Waals surface area contributed by atoms with Crippen molar-refractivity contribution in [1.82, 2.24) is 0 Å². The molecule has 0 aliphatic heterocycles. The molecule has 2 rings (SSSR count). The van der Waals surface area contributed by atoms with Crippen LogP contribution < -0.4 is 0 Å². The molecule has 1 saturated carbocycles. The van der Waals surface area contributed by atoms with Crippen molar-refractivity contribution in [3.63, 3.8) is 0 Å². The van der Waals surface area contributed by atoms with Gasteiger partial charge in [-0.15, -0.1) is 0 Å². The van der Waals surface area contributed by atoms with E-state index in [2.05, 4.69) is 27.7 Å². The van der Waals surface area contributed by atoms with Crippen molar-refractivity contribution >= 4 is 0 Å². The maximum absolute atomic E-state index is 10.2. The van der Waals surface area contributed by atoms with Crippen LogP contribution in [0.15, 0.2) is 12.1 Å². The molecule has 1 aromatic rings. The van der Waals surface area contributed by atoms with Gasteiger partial charge in [-0.2, -0.15) is 0 Å². The number of phenolic OH excluding ortho intramolecular Hbond substituents is 2. The average molecular weight is 304 g/mol. The van der Waals surface area contributed by atoms with Gasteiger partial charge >= 0.3 is 0 Å². The third kappa shape index (κ3) is 4.93. The summed E-state index contributed by atoms with van der Waals surface area (Å²) in [4.78, 5) is 0. The van der Waals surface area contributed by atoms with Gasteiger partial charge in [0.25, 0.3) is 0 Å². The highest BCUT2D eigenvalue weighted by molar-refractivity contribution is 5.49.